The molecule has 1 saturated carbocycles. The molecule has 0 spiro atoms. The van der Waals surface area contributed by atoms with E-state index < -0.39 is 18.4 Å². The maximum Gasteiger partial charge on any atom is 0.338 e. The average Bonchev–Trinajstić information content (AvgIpc) is 3.33. The molecular formula is C25H24O7. The van der Waals surface area contributed by atoms with Crippen molar-refractivity contribution in [3.05, 3.63) is 77.4 Å². The zero-order chi connectivity index (χ0) is 22.1. The number of ether oxygens (including phenoxy) is 4. The lowest BCUT2D eigenvalue weighted by Crippen LogP contribution is -2.37. The van der Waals surface area contributed by atoms with Crippen LogP contribution < -0.4 is 4.74 Å². The molecule has 7 heteroatoms. The third kappa shape index (κ3) is 3.89. The molecule has 7 nitrogen and oxygen atoms in total. The number of benzene rings is 2. The molecule has 0 bridgehead atoms. The van der Waals surface area contributed by atoms with Crippen molar-refractivity contribution in [2.24, 2.45) is 11.8 Å². The molecule has 2 aromatic rings. The van der Waals surface area contributed by atoms with Gasteiger partial charge in [-0.2, -0.15) is 0 Å². The van der Waals surface area contributed by atoms with Crippen LogP contribution in [0.5, 0.6) is 5.75 Å². The van der Waals surface area contributed by atoms with Crippen molar-refractivity contribution >= 4 is 11.9 Å². The summed E-state index contributed by atoms with van der Waals surface area (Å²) in [5.41, 5.74) is 2.05. The van der Waals surface area contributed by atoms with Crippen LogP contribution in [0.25, 0.3) is 0 Å². The van der Waals surface area contributed by atoms with Crippen LogP contribution in [-0.4, -0.2) is 42.1 Å². The Hall–Kier alpha value is -3.16. The molecule has 1 saturated heterocycles. The third-order valence-electron chi connectivity index (χ3n) is 6.34. The minimum Gasteiger partial charge on any atom is -0.462 e. The molecule has 2 fully saturated rings. The Labute approximate surface area is 185 Å². The van der Waals surface area contributed by atoms with Crippen molar-refractivity contribution in [1.82, 2.24) is 0 Å². The van der Waals surface area contributed by atoms with E-state index in [-0.39, 0.29) is 36.9 Å². The van der Waals surface area contributed by atoms with Gasteiger partial charge in [-0.15, -0.1) is 0 Å². The number of fused-ring (bicyclic) bond motifs is 2. The molecule has 1 N–H and O–H groups in total. The first-order valence-corrected chi connectivity index (χ1v) is 10.8. The second kappa shape index (κ2) is 8.76. The molecule has 2 aliphatic heterocycles. The average molecular weight is 436 g/mol. The van der Waals surface area contributed by atoms with E-state index in [1.807, 2.05) is 30.3 Å². The van der Waals surface area contributed by atoms with Gasteiger partial charge in [-0.1, -0.05) is 42.5 Å². The van der Waals surface area contributed by atoms with Crippen LogP contribution in [0, 0.1) is 11.8 Å². The van der Waals surface area contributed by atoms with Gasteiger partial charge in [0, 0.05) is 29.4 Å². The number of carbonyl (C=O) groups excluding carboxylic acids is 2. The summed E-state index contributed by atoms with van der Waals surface area (Å²) in [7, 11) is 0. The van der Waals surface area contributed by atoms with E-state index in [9.17, 15) is 14.7 Å². The highest BCUT2D eigenvalue weighted by molar-refractivity contribution is 5.89. The Morgan fingerprint density at radius 3 is 2.69 bits per heavy atom. The largest absolute Gasteiger partial charge is 0.462 e. The minimum atomic E-state index is -0.755. The normalized spacial score (nSPS) is 29.0. The smallest absolute Gasteiger partial charge is 0.338 e. The number of hydrogen-bond acceptors (Lipinski definition) is 7. The Morgan fingerprint density at radius 1 is 1.09 bits per heavy atom. The summed E-state index contributed by atoms with van der Waals surface area (Å²) in [6.45, 7) is 0.122. The van der Waals surface area contributed by atoms with Gasteiger partial charge in [-0.3, -0.25) is 4.79 Å². The maximum absolute atomic E-state index is 12.8. The lowest BCUT2D eigenvalue weighted by molar-refractivity contribution is -0.141. The molecule has 0 aromatic heterocycles. The fourth-order valence-electron chi connectivity index (χ4n) is 4.94. The number of para-hydroxylation sites is 1. The van der Waals surface area contributed by atoms with Crippen LogP contribution in [0.2, 0.25) is 0 Å². The summed E-state index contributed by atoms with van der Waals surface area (Å²) < 4.78 is 23.5. The van der Waals surface area contributed by atoms with Crippen molar-refractivity contribution in [3.8, 4) is 5.75 Å². The van der Waals surface area contributed by atoms with Crippen molar-refractivity contribution in [3.63, 3.8) is 0 Å². The standard InChI is InChI=1S/C25H24O7/c26-11-10-17(25-29-14-16-8-4-5-9-19(16)32-25)23-18-12-22(27)30-20(18)13-21(23)31-24(28)15-6-2-1-3-7-15/h1-10,18,20-21,23,25-26H,11-14H2/t18-,20-,21+,23-,25?/m0/s1. The number of hydrogen-bond donors (Lipinski definition) is 1. The van der Waals surface area contributed by atoms with Crippen LogP contribution in [0.1, 0.15) is 28.8 Å². The fourth-order valence-corrected chi connectivity index (χ4v) is 4.94. The van der Waals surface area contributed by atoms with Crippen molar-refractivity contribution in [2.45, 2.75) is 37.9 Å². The van der Waals surface area contributed by atoms with Crippen LogP contribution in [0.4, 0.5) is 0 Å². The highest BCUT2D eigenvalue weighted by Gasteiger charge is 2.54. The molecule has 32 heavy (non-hydrogen) atoms. The van der Waals surface area contributed by atoms with Gasteiger partial charge in [-0.05, 0) is 18.2 Å². The number of aliphatic hydroxyl groups excluding tert-OH is 1. The highest BCUT2D eigenvalue weighted by atomic mass is 16.7. The van der Waals surface area contributed by atoms with E-state index in [0.717, 1.165) is 5.56 Å². The summed E-state index contributed by atoms with van der Waals surface area (Å²) >= 11 is 0. The molecule has 5 rings (SSSR count). The van der Waals surface area contributed by atoms with Crippen molar-refractivity contribution in [1.29, 1.82) is 0 Å². The predicted molar refractivity (Wildman–Crippen MR) is 113 cm³/mol. The first-order valence-electron chi connectivity index (χ1n) is 10.8. The Bertz CT molecular complexity index is 1030. The van der Waals surface area contributed by atoms with E-state index in [2.05, 4.69) is 0 Å². The summed E-state index contributed by atoms with van der Waals surface area (Å²) in [6, 6.07) is 16.4. The van der Waals surface area contributed by atoms with Gasteiger partial charge in [0.2, 0.25) is 6.29 Å². The van der Waals surface area contributed by atoms with Crippen molar-refractivity contribution in [2.75, 3.05) is 6.61 Å². The number of esters is 2. The lowest BCUT2D eigenvalue weighted by Gasteiger charge is -2.34. The summed E-state index contributed by atoms with van der Waals surface area (Å²) in [4.78, 5) is 24.8. The summed E-state index contributed by atoms with van der Waals surface area (Å²) in [6.07, 6.45) is 0.617. The van der Waals surface area contributed by atoms with Gasteiger partial charge in [0.25, 0.3) is 0 Å². The van der Waals surface area contributed by atoms with Crippen LogP contribution in [0.3, 0.4) is 0 Å². The van der Waals surface area contributed by atoms with E-state index in [0.29, 0.717) is 29.9 Å². The highest BCUT2D eigenvalue weighted by Crippen LogP contribution is 2.48. The molecular weight excluding hydrogens is 412 g/mol. The molecule has 3 aliphatic rings. The minimum absolute atomic E-state index is 0.182. The van der Waals surface area contributed by atoms with Gasteiger partial charge >= 0.3 is 11.9 Å². The first kappa shape index (κ1) is 20.7. The van der Waals surface area contributed by atoms with Gasteiger partial charge in [0.15, 0.2) is 0 Å². The molecule has 1 unspecified atom stereocenters. The lowest BCUT2D eigenvalue weighted by atomic mass is 9.84. The second-order valence-corrected chi connectivity index (χ2v) is 8.22. The molecule has 2 heterocycles. The van der Waals surface area contributed by atoms with Gasteiger partial charge in [-0.25, -0.2) is 4.79 Å². The monoisotopic (exact) mass is 436 g/mol. The molecule has 166 valence electrons. The summed E-state index contributed by atoms with van der Waals surface area (Å²) in [5.74, 6) is -0.554. The Kier molecular flexibility index (Phi) is 5.68. The quantitative estimate of drug-likeness (QED) is 0.569. The van der Waals surface area contributed by atoms with Crippen LogP contribution in [-0.2, 0) is 25.6 Å². The zero-order valence-corrected chi connectivity index (χ0v) is 17.4. The zero-order valence-electron chi connectivity index (χ0n) is 17.4. The van der Waals surface area contributed by atoms with Crippen LogP contribution >= 0.6 is 0 Å². The van der Waals surface area contributed by atoms with Gasteiger partial charge in [0.05, 0.1) is 25.2 Å². The number of carbonyl (C=O) groups is 2. The maximum atomic E-state index is 12.8. The van der Waals surface area contributed by atoms with E-state index in [1.54, 1.807) is 30.3 Å². The van der Waals surface area contributed by atoms with Crippen LogP contribution in [0.15, 0.2) is 66.2 Å². The van der Waals surface area contributed by atoms with Gasteiger partial charge in [0.1, 0.15) is 18.0 Å². The third-order valence-corrected chi connectivity index (χ3v) is 6.34. The second-order valence-electron chi connectivity index (χ2n) is 8.22. The Balaban J connectivity index is 1.44. The fraction of sp³-hybridized carbons (Fsp3) is 0.360. The number of rotatable bonds is 5. The predicted octanol–water partition coefficient (Wildman–Crippen LogP) is 3.02. The SMILES string of the molecule is O=C1C[C@@H]2[C@H](C(=CCO)C3OCc4ccccc4O3)[C@H](OC(=O)c3ccccc3)C[C@@H]2O1. The number of aliphatic hydroxyl groups is 1. The van der Waals surface area contributed by atoms with E-state index in [4.69, 9.17) is 18.9 Å². The molecule has 0 radical (unpaired) electrons. The van der Waals surface area contributed by atoms with E-state index >= 15 is 0 Å². The van der Waals surface area contributed by atoms with Crippen molar-refractivity contribution < 1.29 is 33.6 Å². The van der Waals surface area contributed by atoms with Gasteiger partial charge < -0.3 is 24.1 Å². The van der Waals surface area contributed by atoms with E-state index in [1.165, 1.54) is 0 Å². The molecule has 5 atom stereocenters. The molecule has 0 amide bonds. The molecule has 1 aliphatic carbocycles. The topological polar surface area (TPSA) is 91.3 Å². The first-order chi connectivity index (χ1) is 15.6. The molecule has 2 aromatic carbocycles. The summed E-state index contributed by atoms with van der Waals surface area (Å²) in [5, 5.41) is 9.77. The Morgan fingerprint density at radius 2 is 1.88 bits per heavy atom.